The van der Waals surface area contributed by atoms with Crippen molar-refractivity contribution in [2.75, 3.05) is 0 Å². The molecule has 0 aliphatic rings. The summed E-state index contributed by atoms with van der Waals surface area (Å²) < 4.78 is 13.1. The van der Waals surface area contributed by atoms with E-state index in [1.54, 1.807) is 0 Å². The fraction of sp³-hybridized carbons (Fsp3) is 0. The first kappa shape index (κ1) is 11.2. The van der Waals surface area contributed by atoms with Gasteiger partial charge in [-0.1, -0.05) is 6.58 Å². The van der Waals surface area contributed by atoms with Crippen molar-refractivity contribution in [2.24, 2.45) is 0 Å². The Morgan fingerprint density at radius 2 is 1.60 bits per heavy atom. The van der Waals surface area contributed by atoms with Crippen LogP contribution in [0, 0.1) is 0 Å². The second-order valence-electron chi connectivity index (χ2n) is 0.788. The lowest BCUT2D eigenvalue weighted by Gasteiger charge is -1.84. The minimum atomic E-state index is -1.81. The van der Waals surface area contributed by atoms with Gasteiger partial charge in [-0.2, -0.15) is 0 Å². The Morgan fingerprint density at radius 3 is 1.60 bits per heavy atom. The van der Waals surface area contributed by atoms with Crippen LogP contribution < -0.4 is 0 Å². The molecule has 0 amide bonds. The van der Waals surface area contributed by atoms with Gasteiger partial charge in [0.1, 0.15) is 0 Å². The third-order valence-corrected chi connectivity index (χ3v) is 0.175. The number of hydrogen-bond donors (Lipinski definition) is 2. The van der Waals surface area contributed by atoms with Crippen LogP contribution in [-0.4, -0.2) is 22.5 Å². The van der Waals surface area contributed by atoms with Crippen LogP contribution in [0.5, 0.6) is 0 Å². The third-order valence-electron chi connectivity index (χ3n) is 0.175. The minimum Gasteiger partial charge on any atom is -0.449 e. The van der Waals surface area contributed by atoms with Crippen LogP contribution >= 0.6 is 0 Å². The molecule has 5 nitrogen and oxygen atoms in total. The number of ether oxygens (including phenoxy) is 1. The number of carbonyl (C=O) groups is 2. The lowest BCUT2D eigenvalue weighted by Crippen LogP contribution is -2.05. The van der Waals surface area contributed by atoms with E-state index in [0.29, 0.717) is 0 Å². The highest BCUT2D eigenvalue weighted by molar-refractivity contribution is 5.74. The molecule has 58 valence electrons. The third kappa shape index (κ3) is 32.3. The summed E-state index contributed by atoms with van der Waals surface area (Å²) in [7, 11) is 0. The van der Waals surface area contributed by atoms with Crippen LogP contribution in [0.25, 0.3) is 0 Å². The molecular weight excluding hydrogens is 147 g/mol. The molecule has 0 spiro atoms. The van der Waals surface area contributed by atoms with Gasteiger partial charge in [-0.25, -0.2) is 14.0 Å². The molecule has 0 radical (unpaired) electrons. The molecule has 0 heterocycles. The first-order chi connectivity index (χ1) is 4.54. The number of carboxylic acid groups (broad SMARTS) is 2. The quantitative estimate of drug-likeness (QED) is 0.405. The van der Waals surface area contributed by atoms with E-state index in [2.05, 4.69) is 11.3 Å². The van der Waals surface area contributed by atoms with Gasteiger partial charge in [-0.15, -0.1) is 0 Å². The summed E-state index contributed by atoms with van der Waals surface area (Å²) >= 11 is 0. The fourth-order valence-corrected chi connectivity index (χ4v) is 0.0747. The topological polar surface area (TPSA) is 83.8 Å². The van der Waals surface area contributed by atoms with Gasteiger partial charge < -0.3 is 14.9 Å². The van der Waals surface area contributed by atoms with Gasteiger partial charge in [0.25, 0.3) is 0 Å². The Morgan fingerprint density at radius 1 is 1.40 bits per heavy atom. The van der Waals surface area contributed by atoms with Crippen molar-refractivity contribution in [1.29, 1.82) is 0 Å². The van der Waals surface area contributed by atoms with Gasteiger partial charge in [0.15, 0.2) is 0 Å². The molecular formula is C4H5FO5. The van der Waals surface area contributed by atoms with Gasteiger partial charge in [0.2, 0.25) is 0 Å². The van der Waals surface area contributed by atoms with E-state index >= 15 is 0 Å². The summed E-state index contributed by atoms with van der Waals surface area (Å²) in [5.74, 6) is 0. The highest BCUT2D eigenvalue weighted by Crippen LogP contribution is 1.73. The summed E-state index contributed by atoms with van der Waals surface area (Å²) in [6.07, 6.45) is -3.37. The second kappa shape index (κ2) is 7.41. The molecule has 0 aromatic carbocycles. The van der Waals surface area contributed by atoms with Crippen molar-refractivity contribution < 1.29 is 28.9 Å². The largest absolute Gasteiger partial charge is 0.516 e. The summed E-state index contributed by atoms with van der Waals surface area (Å²) in [5.41, 5.74) is 0. The average Bonchev–Trinajstić information content (AvgIpc) is 1.62. The Labute approximate surface area is 55.3 Å². The van der Waals surface area contributed by atoms with Crippen LogP contribution in [0.2, 0.25) is 0 Å². The van der Waals surface area contributed by atoms with Crippen molar-refractivity contribution in [3.63, 3.8) is 0 Å². The lowest BCUT2D eigenvalue weighted by atomic mass is 11.2. The molecule has 0 aromatic rings. The van der Waals surface area contributed by atoms with Crippen molar-refractivity contribution >= 4 is 12.3 Å². The second-order valence-corrected chi connectivity index (χ2v) is 0.788. The first-order valence-electron chi connectivity index (χ1n) is 1.89. The predicted molar refractivity (Wildman–Crippen MR) is 28.4 cm³/mol. The predicted octanol–water partition coefficient (Wildman–Crippen LogP) is 1.46. The molecule has 0 bridgehead atoms. The smallest absolute Gasteiger partial charge is 0.449 e. The molecule has 0 unspecified atom stereocenters. The Hall–Kier alpha value is -1.59. The molecule has 10 heavy (non-hydrogen) atoms. The number of halogens is 1. The Kier molecular flexibility index (Phi) is 8.33. The van der Waals surface area contributed by atoms with Crippen molar-refractivity contribution in [2.45, 2.75) is 0 Å². The molecule has 0 aromatic heterocycles. The van der Waals surface area contributed by atoms with Gasteiger partial charge in [-0.05, 0) is 0 Å². The van der Waals surface area contributed by atoms with Crippen LogP contribution in [0.4, 0.5) is 14.0 Å². The van der Waals surface area contributed by atoms with E-state index in [4.69, 9.17) is 10.2 Å². The van der Waals surface area contributed by atoms with Crippen molar-refractivity contribution in [3.8, 4) is 0 Å². The molecule has 0 fully saturated rings. The number of rotatable bonds is 0. The van der Waals surface area contributed by atoms with Crippen LogP contribution in [0.3, 0.4) is 0 Å². The van der Waals surface area contributed by atoms with E-state index < -0.39 is 12.3 Å². The maximum absolute atomic E-state index is 10.1. The van der Waals surface area contributed by atoms with E-state index in [1.807, 2.05) is 0 Å². The summed E-state index contributed by atoms with van der Waals surface area (Å²) in [6.45, 7) is 2.69. The Balaban J connectivity index is 0. The van der Waals surface area contributed by atoms with Crippen molar-refractivity contribution in [1.82, 2.24) is 0 Å². The highest BCUT2D eigenvalue weighted by atomic mass is 19.1. The van der Waals surface area contributed by atoms with Gasteiger partial charge in [0, 0.05) is 0 Å². The van der Waals surface area contributed by atoms with Crippen LogP contribution in [-0.2, 0) is 4.74 Å². The standard InChI is InChI=1S/C2H3F.C2H2O5/c1-2-3;3-1(4)7-2(5)6/h2H,1H2;(H,3,4)(H,5,6). The van der Waals surface area contributed by atoms with E-state index in [-0.39, 0.29) is 6.33 Å². The van der Waals surface area contributed by atoms with Crippen LogP contribution in [0.1, 0.15) is 0 Å². The Bertz CT molecular complexity index is 120. The van der Waals surface area contributed by atoms with E-state index in [0.717, 1.165) is 0 Å². The summed E-state index contributed by atoms with van der Waals surface area (Å²) in [6, 6.07) is 0. The fourth-order valence-electron chi connectivity index (χ4n) is 0.0747. The highest BCUT2D eigenvalue weighted by Gasteiger charge is 2.01. The van der Waals surface area contributed by atoms with E-state index in [1.165, 1.54) is 0 Å². The maximum Gasteiger partial charge on any atom is 0.516 e. The molecule has 0 aliphatic heterocycles. The van der Waals surface area contributed by atoms with E-state index in [9.17, 15) is 14.0 Å². The average molecular weight is 152 g/mol. The first-order valence-corrected chi connectivity index (χ1v) is 1.89. The monoisotopic (exact) mass is 152 g/mol. The molecule has 0 aliphatic carbocycles. The van der Waals surface area contributed by atoms with Crippen molar-refractivity contribution in [3.05, 3.63) is 12.9 Å². The molecule has 6 heteroatoms. The zero-order chi connectivity index (χ0) is 8.57. The maximum atomic E-state index is 10.1. The minimum absolute atomic E-state index is 0.250. The van der Waals surface area contributed by atoms with Gasteiger partial charge in [0.05, 0.1) is 6.33 Å². The molecule has 0 rings (SSSR count). The molecule has 0 saturated heterocycles. The lowest BCUT2D eigenvalue weighted by molar-refractivity contribution is 0.0802. The summed E-state index contributed by atoms with van der Waals surface area (Å²) in [4.78, 5) is 18.4. The van der Waals surface area contributed by atoms with Crippen LogP contribution in [0.15, 0.2) is 12.9 Å². The molecule has 0 atom stereocenters. The van der Waals surface area contributed by atoms with Gasteiger partial charge >= 0.3 is 12.3 Å². The number of hydrogen-bond acceptors (Lipinski definition) is 3. The van der Waals surface area contributed by atoms with Gasteiger partial charge in [-0.3, -0.25) is 0 Å². The SMILES string of the molecule is C=CF.O=C(O)OC(=O)O. The zero-order valence-corrected chi connectivity index (χ0v) is 4.78. The normalized spacial score (nSPS) is 6.50. The molecule has 0 saturated carbocycles. The zero-order valence-electron chi connectivity index (χ0n) is 4.78. The molecule has 2 N–H and O–H groups in total. The summed E-state index contributed by atoms with van der Waals surface area (Å²) in [5, 5.41) is 15.0.